The maximum atomic E-state index is 3.40. The highest BCUT2D eigenvalue weighted by Crippen LogP contribution is 2.18. The first-order valence-electron chi connectivity index (χ1n) is 5.81. The van der Waals surface area contributed by atoms with Gasteiger partial charge in [-0.1, -0.05) is 17.7 Å². The molecule has 90 valence electrons. The van der Waals surface area contributed by atoms with Crippen LogP contribution in [0.3, 0.4) is 0 Å². The molecule has 0 spiro atoms. The summed E-state index contributed by atoms with van der Waals surface area (Å²) in [7, 11) is 2.06. The molecule has 2 heteroatoms. The van der Waals surface area contributed by atoms with Crippen molar-refractivity contribution in [3.8, 4) is 0 Å². The lowest BCUT2D eigenvalue weighted by atomic mass is 9.95. The van der Waals surface area contributed by atoms with Crippen LogP contribution in [0.1, 0.15) is 22.3 Å². The topological polar surface area (TPSA) is 12.0 Å². The number of nitrogens with one attached hydrogen (secondary N) is 1. The van der Waals surface area contributed by atoms with Gasteiger partial charge in [0.05, 0.1) is 0 Å². The van der Waals surface area contributed by atoms with E-state index < -0.39 is 0 Å². The maximum Gasteiger partial charge on any atom is 0.0195 e. The Balaban J connectivity index is 2.87. The van der Waals surface area contributed by atoms with Gasteiger partial charge in [0.25, 0.3) is 0 Å². The molecular formula is C14H23NS. The molecule has 1 nitrogen and oxygen atoms in total. The molecule has 0 saturated heterocycles. The smallest absolute Gasteiger partial charge is 0.0195 e. The SMILES string of the molecule is CNC(CSC)Cc1c(C)cc(C)cc1C. The summed E-state index contributed by atoms with van der Waals surface area (Å²) in [6.45, 7) is 6.61. The average molecular weight is 237 g/mol. The molecule has 1 aromatic rings. The van der Waals surface area contributed by atoms with Gasteiger partial charge in [0, 0.05) is 11.8 Å². The molecule has 0 aliphatic rings. The molecule has 1 N–H and O–H groups in total. The molecule has 0 saturated carbocycles. The Hall–Kier alpha value is -0.470. The normalized spacial score (nSPS) is 12.8. The van der Waals surface area contributed by atoms with Gasteiger partial charge in [-0.05, 0) is 57.2 Å². The van der Waals surface area contributed by atoms with Crippen molar-refractivity contribution in [3.63, 3.8) is 0 Å². The summed E-state index contributed by atoms with van der Waals surface area (Å²) < 4.78 is 0. The number of benzene rings is 1. The third-order valence-corrected chi connectivity index (χ3v) is 3.80. The van der Waals surface area contributed by atoms with Crippen LogP contribution in [0.25, 0.3) is 0 Å². The average Bonchev–Trinajstić information content (AvgIpc) is 2.21. The van der Waals surface area contributed by atoms with E-state index in [1.807, 2.05) is 11.8 Å². The van der Waals surface area contributed by atoms with E-state index in [0.717, 1.165) is 6.42 Å². The second-order valence-electron chi connectivity index (χ2n) is 4.52. The van der Waals surface area contributed by atoms with Crippen LogP contribution in [0.2, 0.25) is 0 Å². The minimum Gasteiger partial charge on any atom is -0.316 e. The Morgan fingerprint density at radius 1 is 1.19 bits per heavy atom. The number of rotatable bonds is 5. The van der Waals surface area contributed by atoms with Gasteiger partial charge < -0.3 is 5.32 Å². The molecule has 0 heterocycles. The van der Waals surface area contributed by atoms with E-state index in [2.05, 4.69) is 51.5 Å². The molecule has 0 aliphatic heterocycles. The van der Waals surface area contributed by atoms with Gasteiger partial charge in [-0.15, -0.1) is 0 Å². The van der Waals surface area contributed by atoms with Crippen LogP contribution in [0, 0.1) is 20.8 Å². The predicted octanol–water partition coefficient (Wildman–Crippen LogP) is 3.11. The van der Waals surface area contributed by atoms with E-state index in [-0.39, 0.29) is 0 Å². The van der Waals surface area contributed by atoms with E-state index in [9.17, 15) is 0 Å². The van der Waals surface area contributed by atoms with Crippen LogP contribution in [0.5, 0.6) is 0 Å². The summed E-state index contributed by atoms with van der Waals surface area (Å²) >= 11 is 1.91. The Bertz CT molecular complexity index is 324. The molecule has 0 radical (unpaired) electrons. The van der Waals surface area contributed by atoms with Crippen molar-refractivity contribution in [2.75, 3.05) is 19.1 Å². The first-order valence-corrected chi connectivity index (χ1v) is 7.20. The minimum absolute atomic E-state index is 0.579. The first kappa shape index (κ1) is 13.6. The van der Waals surface area contributed by atoms with E-state index in [0.29, 0.717) is 6.04 Å². The molecule has 0 aliphatic carbocycles. The van der Waals surface area contributed by atoms with E-state index >= 15 is 0 Å². The van der Waals surface area contributed by atoms with Crippen molar-refractivity contribution in [1.29, 1.82) is 0 Å². The van der Waals surface area contributed by atoms with Gasteiger partial charge >= 0.3 is 0 Å². The van der Waals surface area contributed by atoms with Crippen molar-refractivity contribution in [2.45, 2.75) is 33.2 Å². The monoisotopic (exact) mass is 237 g/mol. The van der Waals surface area contributed by atoms with Crippen LogP contribution in [-0.2, 0) is 6.42 Å². The first-order chi connectivity index (χ1) is 7.58. The second-order valence-corrected chi connectivity index (χ2v) is 5.43. The van der Waals surface area contributed by atoms with Crippen molar-refractivity contribution >= 4 is 11.8 Å². The highest BCUT2D eigenvalue weighted by Gasteiger charge is 2.10. The maximum absolute atomic E-state index is 3.40. The van der Waals surface area contributed by atoms with Crippen molar-refractivity contribution < 1.29 is 0 Å². The molecule has 1 aromatic carbocycles. The summed E-state index contributed by atoms with van der Waals surface area (Å²) in [6, 6.07) is 5.15. The quantitative estimate of drug-likeness (QED) is 0.844. The Kier molecular flexibility index (Phi) is 5.36. The number of thioether (sulfide) groups is 1. The van der Waals surface area contributed by atoms with Crippen LogP contribution < -0.4 is 5.32 Å². The third-order valence-electron chi connectivity index (χ3n) is 3.07. The lowest BCUT2D eigenvalue weighted by Crippen LogP contribution is -2.30. The van der Waals surface area contributed by atoms with Gasteiger partial charge in [0.2, 0.25) is 0 Å². The van der Waals surface area contributed by atoms with E-state index in [1.54, 1.807) is 0 Å². The van der Waals surface area contributed by atoms with Crippen LogP contribution in [0.4, 0.5) is 0 Å². The fraction of sp³-hybridized carbons (Fsp3) is 0.571. The highest BCUT2D eigenvalue weighted by atomic mass is 32.2. The van der Waals surface area contributed by atoms with Crippen molar-refractivity contribution in [1.82, 2.24) is 5.32 Å². The van der Waals surface area contributed by atoms with Gasteiger partial charge in [-0.25, -0.2) is 0 Å². The zero-order chi connectivity index (χ0) is 12.1. The zero-order valence-electron chi connectivity index (χ0n) is 11.1. The standard InChI is InChI=1S/C14H23NS/c1-10-6-11(2)14(12(3)7-10)8-13(15-4)9-16-5/h6-7,13,15H,8-9H2,1-5H3. The highest BCUT2D eigenvalue weighted by molar-refractivity contribution is 7.98. The molecule has 1 unspecified atom stereocenters. The number of hydrogen-bond donors (Lipinski definition) is 1. The number of likely N-dealkylation sites (N-methyl/N-ethyl adjacent to an activating group) is 1. The molecule has 0 fully saturated rings. The third kappa shape index (κ3) is 3.53. The summed E-state index contributed by atoms with van der Waals surface area (Å²) in [5.41, 5.74) is 5.74. The minimum atomic E-state index is 0.579. The fourth-order valence-corrected chi connectivity index (χ4v) is 2.91. The molecule has 1 rings (SSSR count). The van der Waals surface area contributed by atoms with E-state index in [4.69, 9.17) is 0 Å². The van der Waals surface area contributed by atoms with Gasteiger partial charge in [-0.3, -0.25) is 0 Å². The lowest BCUT2D eigenvalue weighted by Gasteiger charge is -2.18. The molecule has 16 heavy (non-hydrogen) atoms. The van der Waals surface area contributed by atoms with Gasteiger partial charge in [0.15, 0.2) is 0 Å². The summed E-state index contributed by atoms with van der Waals surface area (Å²) in [5, 5.41) is 3.40. The molecular weight excluding hydrogens is 214 g/mol. The van der Waals surface area contributed by atoms with Crippen LogP contribution in [-0.4, -0.2) is 25.1 Å². The molecule has 0 bridgehead atoms. The zero-order valence-corrected chi connectivity index (χ0v) is 11.9. The van der Waals surface area contributed by atoms with Crippen molar-refractivity contribution in [3.05, 3.63) is 34.4 Å². The summed E-state index contributed by atoms with van der Waals surface area (Å²) in [6.07, 6.45) is 3.30. The van der Waals surface area contributed by atoms with Crippen molar-refractivity contribution in [2.24, 2.45) is 0 Å². The molecule has 1 atom stereocenters. The largest absolute Gasteiger partial charge is 0.316 e. The Morgan fingerprint density at radius 2 is 1.75 bits per heavy atom. The molecule has 0 amide bonds. The second kappa shape index (κ2) is 6.31. The van der Waals surface area contributed by atoms with Gasteiger partial charge in [0.1, 0.15) is 0 Å². The van der Waals surface area contributed by atoms with Gasteiger partial charge in [-0.2, -0.15) is 11.8 Å². The van der Waals surface area contributed by atoms with Crippen LogP contribution in [0.15, 0.2) is 12.1 Å². The lowest BCUT2D eigenvalue weighted by molar-refractivity contribution is 0.614. The Labute approximate surface area is 104 Å². The van der Waals surface area contributed by atoms with Crippen LogP contribution >= 0.6 is 11.8 Å². The fourth-order valence-electron chi connectivity index (χ4n) is 2.22. The summed E-state index contributed by atoms with van der Waals surface area (Å²) in [4.78, 5) is 0. The predicted molar refractivity (Wildman–Crippen MR) is 75.6 cm³/mol. The molecule has 0 aromatic heterocycles. The number of aryl methyl sites for hydroxylation is 3. The Morgan fingerprint density at radius 3 is 2.19 bits per heavy atom. The number of hydrogen-bond acceptors (Lipinski definition) is 2. The van der Waals surface area contributed by atoms with E-state index in [1.165, 1.54) is 28.0 Å². The summed E-state index contributed by atoms with van der Waals surface area (Å²) in [5.74, 6) is 1.17.